The lowest BCUT2D eigenvalue weighted by atomic mass is 10.1. The minimum absolute atomic E-state index is 0.00840. The molecule has 3 aromatic heterocycles. The monoisotopic (exact) mass is 595 g/mol. The van der Waals surface area contributed by atoms with Crippen LogP contribution in [0.25, 0.3) is 22.2 Å². The number of pyridine rings is 1. The topological polar surface area (TPSA) is 132 Å². The lowest BCUT2D eigenvalue weighted by Gasteiger charge is -2.12. The first-order valence-corrected chi connectivity index (χ1v) is 13.1. The largest absolute Gasteiger partial charge is 0.423 e. The van der Waals surface area contributed by atoms with Crippen molar-refractivity contribution in [2.75, 3.05) is 11.1 Å². The maximum absolute atomic E-state index is 14.9. The van der Waals surface area contributed by atoms with Crippen LogP contribution in [0.15, 0.2) is 46.4 Å². The molecule has 1 saturated carbocycles. The van der Waals surface area contributed by atoms with E-state index in [1.807, 2.05) is 0 Å². The molecule has 0 unspecified atom stereocenters. The van der Waals surface area contributed by atoms with E-state index in [1.54, 1.807) is 21.9 Å². The third-order valence-electron chi connectivity index (χ3n) is 6.45. The van der Waals surface area contributed by atoms with E-state index in [4.69, 9.17) is 5.73 Å². The summed E-state index contributed by atoms with van der Waals surface area (Å²) in [5.41, 5.74) is 1.01. The number of H-pyrrole nitrogens is 1. The van der Waals surface area contributed by atoms with E-state index in [9.17, 15) is 35.9 Å². The van der Waals surface area contributed by atoms with Crippen molar-refractivity contribution in [1.29, 1.82) is 0 Å². The Bertz CT molecular complexity index is 1680. The fourth-order valence-corrected chi connectivity index (χ4v) is 4.11. The van der Waals surface area contributed by atoms with Crippen molar-refractivity contribution >= 4 is 22.3 Å². The number of hydrogen-bond acceptors (Lipinski definition) is 7. The summed E-state index contributed by atoms with van der Waals surface area (Å²) >= 11 is 0. The fraction of sp³-hybridized carbons (Fsp3) is 0.370. The van der Waals surface area contributed by atoms with Gasteiger partial charge in [0.1, 0.15) is 17.2 Å². The Balaban J connectivity index is 0.000000283. The number of unbranched alkanes of at least 4 members (excludes halogenated alkanes) is 2. The Morgan fingerprint density at radius 1 is 1.17 bits per heavy atom. The first-order valence-electron chi connectivity index (χ1n) is 13.1. The van der Waals surface area contributed by atoms with Crippen molar-refractivity contribution in [2.45, 2.75) is 64.2 Å². The second-order valence-corrected chi connectivity index (χ2v) is 9.68. The average molecular weight is 596 g/mol. The molecule has 9 nitrogen and oxygen atoms in total. The number of nitrogens with one attached hydrogen (secondary N) is 2. The van der Waals surface area contributed by atoms with E-state index in [0.29, 0.717) is 11.9 Å². The molecule has 0 bridgehead atoms. The first-order chi connectivity index (χ1) is 19.9. The van der Waals surface area contributed by atoms with Crippen molar-refractivity contribution in [2.24, 2.45) is 0 Å². The van der Waals surface area contributed by atoms with Gasteiger partial charge in [0, 0.05) is 25.0 Å². The predicted molar refractivity (Wildman–Crippen MR) is 145 cm³/mol. The zero-order valence-corrected chi connectivity index (χ0v) is 22.3. The maximum Gasteiger partial charge on any atom is 0.423 e. The molecule has 15 heteroatoms. The second kappa shape index (κ2) is 12.6. The lowest BCUT2D eigenvalue weighted by molar-refractivity contribution is -0.138. The molecule has 0 aliphatic heterocycles. The zero-order chi connectivity index (χ0) is 30.6. The highest BCUT2D eigenvalue weighted by molar-refractivity contribution is 5.86. The van der Waals surface area contributed by atoms with Gasteiger partial charge in [-0.05, 0) is 42.8 Å². The summed E-state index contributed by atoms with van der Waals surface area (Å²) in [5, 5.41) is 8.53. The average Bonchev–Trinajstić information content (AvgIpc) is 3.73. The van der Waals surface area contributed by atoms with Crippen LogP contribution >= 0.6 is 0 Å². The molecule has 1 aromatic carbocycles. The molecule has 1 fully saturated rings. The van der Waals surface area contributed by atoms with Crippen LogP contribution in [0.2, 0.25) is 0 Å². The lowest BCUT2D eigenvalue weighted by Crippen LogP contribution is -2.24. The Hall–Kier alpha value is -4.43. The van der Waals surface area contributed by atoms with Crippen LogP contribution in [0.3, 0.4) is 0 Å². The molecule has 0 spiro atoms. The molecular formula is C27H27F6N7O2. The molecule has 224 valence electrons. The standard InChI is InChI=1S/C22H23F3N4O.C5H4F3N3O/c1-2-3-4-8-29-9-7-13-10-16(18(23)11-15(13)22(29)30)20-26-12-17(19(24)25)21(28-20)27-14-5-6-14;6-5(7,8)3-2(9)1-10-11-4(3)12/h7,9-12,14,19H,2-6,8H2,1H3,(H,26,27,28);1H,(H3,9,11,12). The molecule has 4 aromatic rings. The number of nitrogens with two attached hydrogens (primary N) is 1. The Kier molecular flexibility index (Phi) is 9.17. The summed E-state index contributed by atoms with van der Waals surface area (Å²) in [4.78, 5) is 31.4. The molecule has 42 heavy (non-hydrogen) atoms. The third kappa shape index (κ3) is 7.06. The van der Waals surface area contributed by atoms with Crippen molar-refractivity contribution in [3.05, 3.63) is 74.4 Å². The number of hydrogen-bond donors (Lipinski definition) is 3. The number of benzene rings is 1. The smallest absolute Gasteiger partial charge is 0.397 e. The van der Waals surface area contributed by atoms with Gasteiger partial charge in [0.25, 0.3) is 17.5 Å². The van der Waals surface area contributed by atoms with Gasteiger partial charge in [-0.25, -0.2) is 28.2 Å². The van der Waals surface area contributed by atoms with E-state index in [1.165, 1.54) is 12.1 Å². The van der Waals surface area contributed by atoms with E-state index in [2.05, 4.69) is 27.3 Å². The van der Waals surface area contributed by atoms with Gasteiger partial charge < -0.3 is 15.6 Å². The number of aryl methyl sites for hydroxylation is 1. The molecule has 5 rings (SSSR count). The van der Waals surface area contributed by atoms with Crippen LogP contribution in [0.4, 0.5) is 37.8 Å². The number of aromatic amines is 1. The number of nitrogen functional groups attached to an aromatic ring is 1. The van der Waals surface area contributed by atoms with E-state index in [-0.39, 0.29) is 39.8 Å². The first kappa shape index (κ1) is 30.5. The highest BCUT2D eigenvalue weighted by Gasteiger charge is 2.36. The molecule has 4 N–H and O–H groups in total. The van der Waals surface area contributed by atoms with Gasteiger partial charge in [-0.15, -0.1) is 0 Å². The number of halogens is 6. The number of anilines is 2. The minimum atomic E-state index is -4.74. The highest BCUT2D eigenvalue weighted by Crippen LogP contribution is 2.33. The number of alkyl halides is 5. The van der Waals surface area contributed by atoms with Gasteiger partial charge >= 0.3 is 6.18 Å². The van der Waals surface area contributed by atoms with Crippen molar-refractivity contribution in [3.8, 4) is 11.4 Å². The second-order valence-electron chi connectivity index (χ2n) is 9.68. The Labute approximate surface area is 234 Å². The van der Waals surface area contributed by atoms with Crippen LogP contribution in [0.5, 0.6) is 0 Å². The molecule has 1 aliphatic rings. The normalized spacial score (nSPS) is 13.2. The Morgan fingerprint density at radius 2 is 1.90 bits per heavy atom. The molecule has 0 saturated heterocycles. The summed E-state index contributed by atoms with van der Waals surface area (Å²) in [6.07, 6.45) is 0.717. The maximum atomic E-state index is 14.9. The van der Waals surface area contributed by atoms with Gasteiger partial charge in [0.2, 0.25) is 0 Å². The molecule has 0 amide bonds. The summed E-state index contributed by atoms with van der Waals surface area (Å²) < 4.78 is 79.0. The van der Waals surface area contributed by atoms with Crippen molar-refractivity contribution in [3.63, 3.8) is 0 Å². The van der Waals surface area contributed by atoms with E-state index < -0.39 is 35.2 Å². The number of fused-ring (bicyclic) bond motifs is 1. The van der Waals surface area contributed by atoms with Gasteiger partial charge in [-0.3, -0.25) is 9.59 Å². The minimum Gasteiger partial charge on any atom is -0.397 e. The van der Waals surface area contributed by atoms with E-state index in [0.717, 1.165) is 44.5 Å². The summed E-state index contributed by atoms with van der Waals surface area (Å²) in [6, 6.07) is 4.54. The summed E-state index contributed by atoms with van der Waals surface area (Å²) in [5.74, 6) is -0.620. The van der Waals surface area contributed by atoms with Crippen molar-refractivity contribution < 1.29 is 26.3 Å². The highest BCUT2D eigenvalue weighted by atomic mass is 19.4. The Morgan fingerprint density at radius 3 is 2.50 bits per heavy atom. The van der Waals surface area contributed by atoms with Crippen LogP contribution in [0, 0.1) is 5.82 Å². The molecular weight excluding hydrogens is 568 g/mol. The van der Waals surface area contributed by atoms with Gasteiger partial charge in [-0.2, -0.15) is 18.3 Å². The molecule has 0 atom stereocenters. The fourth-order valence-electron chi connectivity index (χ4n) is 4.11. The van der Waals surface area contributed by atoms with Crippen LogP contribution in [-0.2, 0) is 12.7 Å². The van der Waals surface area contributed by atoms with Gasteiger partial charge in [0.15, 0.2) is 5.82 Å². The molecule has 3 heterocycles. The summed E-state index contributed by atoms with van der Waals surface area (Å²) in [6.45, 7) is 2.67. The van der Waals surface area contributed by atoms with Gasteiger partial charge in [0.05, 0.1) is 28.4 Å². The van der Waals surface area contributed by atoms with E-state index >= 15 is 0 Å². The summed E-state index contributed by atoms with van der Waals surface area (Å²) in [7, 11) is 0. The van der Waals surface area contributed by atoms with Crippen molar-refractivity contribution in [1.82, 2.24) is 24.7 Å². The quantitative estimate of drug-likeness (QED) is 0.177. The van der Waals surface area contributed by atoms with Gasteiger partial charge in [-0.1, -0.05) is 19.8 Å². The molecule has 1 aliphatic carbocycles. The number of nitrogens with zero attached hydrogens (tertiary/aromatic N) is 4. The molecule has 0 radical (unpaired) electrons. The third-order valence-corrected chi connectivity index (χ3v) is 6.45. The van der Waals surface area contributed by atoms with Crippen LogP contribution in [-0.4, -0.2) is 30.8 Å². The SMILES string of the molecule is CCCCCn1ccc2cc(-c3ncc(C(F)F)c(NC4CC4)n3)c(F)cc2c1=O.Nc1cn[nH]c(=O)c1C(F)(F)F. The number of aromatic nitrogens is 5. The zero-order valence-electron chi connectivity index (χ0n) is 22.3. The van der Waals surface area contributed by atoms with Crippen LogP contribution in [0.1, 0.15) is 56.6 Å². The van der Waals surface area contributed by atoms with Crippen LogP contribution < -0.4 is 22.2 Å². The predicted octanol–water partition coefficient (Wildman–Crippen LogP) is 5.67. The number of rotatable bonds is 8.